The molecule has 2 atom stereocenters. The van der Waals surface area contributed by atoms with Crippen LogP contribution in [-0.2, 0) is 0 Å². The maximum Gasteiger partial charge on any atom is 0.124 e. The zero-order valence-electron chi connectivity index (χ0n) is 10.1. The largest absolute Gasteiger partial charge is 0.387 e. The lowest BCUT2D eigenvalue weighted by atomic mass is 9.92. The summed E-state index contributed by atoms with van der Waals surface area (Å²) < 4.78 is 14.9. The van der Waals surface area contributed by atoms with Gasteiger partial charge in [-0.2, -0.15) is 0 Å². The van der Waals surface area contributed by atoms with Gasteiger partial charge in [-0.3, -0.25) is 0 Å². The number of benzene rings is 1. The molecular weight excluding hydrogens is 432 g/mol. The molecule has 2 rings (SSSR count). The Morgan fingerprint density at radius 1 is 1.35 bits per heavy atom. The summed E-state index contributed by atoms with van der Waals surface area (Å²) in [6.45, 7) is 0.208. The highest BCUT2D eigenvalue weighted by Gasteiger charge is 2.25. The van der Waals surface area contributed by atoms with E-state index in [1.54, 1.807) is 6.07 Å². The molecule has 0 aliphatic rings. The van der Waals surface area contributed by atoms with Crippen molar-refractivity contribution in [3.63, 3.8) is 0 Å². The normalized spacial score (nSPS) is 14.3. The number of halogens is 4. The van der Waals surface area contributed by atoms with Gasteiger partial charge in [0.05, 0.1) is 9.89 Å². The lowest BCUT2D eigenvalue weighted by Gasteiger charge is -2.22. The highest BCUT2D eigenvalue weighted by molar-refractivity contribution is 9.13. The van der Waals surface area contributed by atoms with Crippen molar-refractivity contribution in [1.29, 1.82) is 0 Å². The first-order valence-corrected chi connectivity index (χ1v) is 8.50. The molecule has 20 heavy (non-hydrogen) atoms. The summed E-state index contributed by atoms with van der Waals surface area (Å²) in [5, 5.41) is 10.8. The maximum atomic E-state index is 13.1. The van der Waals surface area contributed by atoms with E-state index >= 15 is 0 Å². The van der Waals surface area contributed by atoms with E-state index in [-0.39, 0.29) is 17.5 Å². The number of hydrogen-bond acceptors (Lipinski definition) is 3. The van der Waals surface area contributed by atoms with Crippen LogP contribution in [0.5, 0.6) is 0 Å². The number of aliphatic hydroxyl groups is 1. The molecular formula is C13H11Br2ClFNOS. The highest BCUT2D eigenvalue weighted by Crippen LogP contribution is 2.41. The van der Waals surface area contributed by atoms with Gasteiger partial charge in [-0.15, -0.1) is 11.3 Å². The van der Waals surface area contributed by atoms with Crippen molar-refractivity contribution in [3.05, 3.63) is 53.8 Å². The van der Waals surface area contributed by atoms with Gasteiger partial charge in [-0.25, -0.2) is 4.39 Å². The standard InChI is InChI=1S/C13H11Br2ClFNOS/c14-9-4-11(20-13(9)15)12(19)8(5-18)7-2-1-6(17)3-10(7)16/h1-4,8,12,19H,5,18H2. The Morgan fingerprint density at radius 3 is 2.55 bits per heavy atom. The smallest absolute Gasteiger partial charge is 0.124 e. The summed E-state index contributed by atoms with van der Waals surface area (Å²) in [4.78, 5) is 0.764. The van der Waals surface area contributed by atoms with Crippen molar-refractivity contribution in [3.8, 4) is 0 Å². The Kier molecular flexibility index (Phi) is 5.62. The minimum Gasteiger partial charge on any atom is -0.387 e. The lowest BCUT2D eigenvalue weighted by molar-refractivity contribution is 0.151. The Labute approximate surface area is 142 Å². The SMILES string of the molecule is NCC(c1ccc(F)cc1Cl)C(O)c1cc(Br)c(Br)s1. The Morgan fingerprint density at radius 2 is 2.05 bits per heavy atom. The molecule has 0 bridgehead atoms. The first-order valence-electron chi connectivity index (χ1n) is 5.71. The number of thiophene rings is 1. The molecule has 1 aromatic carbocycles. The molecule has 7 heteroatoms. The molecule has 0 fully saturated rings. The summed E-state index contributed by atoms with van der Waals surface area (Å²) >= 11 is 14.2. The van der Waals surface area contributed by atoms with E-state index in [1.165, 1.54) is 23.5 Å². The van der Waals surface area contributed by atoms with Crippen molar-refractivity contribution in [2.45, 2.75) is 12.0 Å². The van der Waals surface area contributed by atoms with Crippen LogP contribution in [0.25, 0.3) is 0 Å². The van der Waals surface area contributed by atoms with E-state index in [0.29, 0.717) is 5.56 Å². The number of nitrogens with two attached hydrogens (primary N) is 1. The lowest BCUT2D eigenvalue weighted by Crippen LogP contribution is -2.20. The third-order valence-electron chi connectivity index (χ3n) is 2.95. The molecule has 0 saturated carbocycles. The first-order chi connectivity index (χ1) is 9.43. The van der Waals surface area contributed by atoms with Gasteiger partial charge in [0, 0.05) is 26.8 Å². The second kappa shape index (κ2) is 6.85. The van der Waals surface area contributed by atoms with Crippen LogP contribution in [0.3, 0.4) is 0 Å². The van der Waals surface area contributed by atoms with Crippen LogP contribution >= 0.6 is 54.8 Å². The van der Waals surface area contributed by atoms with Crippen molar-refractivity contribution in [1.82, 2.24) is 0 Å². The molecule has 3 N–H and O–H groups in total. The fourth-order valence-corrected chi connectivity index (χ4v) is 4.38. The topological polar surface area (TPSA) is 46.2 Å². The highest BCUT2D eigenvalue weighted by atomic mass is 79.9. The van der Waals surface area contributed by atoms with Crippen molar-refractivity contribution < 1.29 is 9.50 Å². The Bertz CT molecular complexity index is 603. The van der Waals surface area contributed by atoms with Gasteiger partial charge in [0.25, 0.3) is 0 Å². The zero-order chi connectivity index (χ0) is 14.9. The fraction of sp³-hybridized carbons (Fsp3) is 0.231. The molecule has 0 saturated heterocycles. The van der Waals surface area contributed by atoms with Crippen LogP contribution in [0.1, 0.15) is 22.5 Å². The van der Waals surface area contributed by atoms with Gasteiger partial charge in [-0.1, -0.05) is 17.7 Å². The third kappa shape index (κ3) is 3.43. The van der Waals surface area contributed by atoms with Crippen LogP contribution in [0.2, 0.25) is 5.02 Å². The number of aliphatic hydroxyl groups excluding tert-OH is 1. The van der Waals surface area contributed by atoms with Gasteiger partial charge < -0.3 is 10.8 Å². The van der Waals surface area contributed by atoms with E-state index in [2.05, 4.69) is 31.9 Å². The molecule has 0 aliphatic carbocycles. The van der Waals surface area contributed by atoms with Crippen molar-refractivity contribution in [2.75, 3.05) is 6.54 Å². The molecule has 1 heterocycles. The molecule has 0 amide bonds. The van der Waals surface area contributed by atoms with E-state index in [1.807, 2.05) is 6.07 Å². The first kappa shape index (κ1) is 16.4. The average molecular weight is 444 g/mol. The minimum atomic E-state index is -0.796. The second-order valence-corrected chi connectivity index (χ2v) is 7.89. The molecule has 0 spiro atoms. The van der Waals surface area contributed by atoms with Crippen LogP contribution < -0.4 is 5.73 Å². The van der Waals surface area contributed by atoms with Gasteiger partial charge in [-0.05, 0) is 55.6 Å². The fourth-order valence-electron chi connectivity index (χ4n) is 1.94. The van der Waals surface area contributed by atoms with E-state index in [4.69, 9.17) is 17.3 Å². The second-order valence-electron chi connectivity index (χ2n) is 4.22. The quantitative estimate of drug-likeness (QED) is 0.710. The van der Waals surface area contributed by atoms with E-state index in [9.17, 15) is 9.50 Å². The molecule has 108 valence electrons. The summed E-state index contributed by atoms with van der Waals surface area (Å²) in [5.74, 6) is -0.800. The predicted molar refractivity (Wildman–Crippen MR) is 87.9 cm³/mol. The summed E-state index contributed by atoms with van der Waals surface area (Å²) in [5.41, 5.74) is 6.41. The molecule has 2 aromatic rings. The zero-order valence-corrected chi connectivity index (χ0v) is 14.9. The predicted octanol–water partition coefficient (Wildman–Crippen LogP) is 4.84. The van der Waals surface area contributed by atoms with Crippen LogP contribution in [0.4, 0.5) is 4.39 Å². The number of rotatable bonds is 4. The average Bonchev–Trinajstić information content (AvgIpc) is 2.73. The Balaban J connectivity index is 2.36. The molecule has 2 nitrogen and oxygen atoms in total. The van der Waals surface area contributed by atoms with Gasteiger partial charge in [0.1, 0.15) is 5.82 Å². The van der Waals surface area contributed by atoms with Gasteiger partial charge in [0.2, 0.25) is 0 Å². The summed E-state index contributed by atoms with van der Waals surface area (Å²) in [6.07, 6.45) is -0.796. The van der Waals surface area contributed by atoms with Gasteiger partial charge >= 0.3 is 0 Å². The molecule has 0 radical (unpaired) electrons. The third-order valence-corrected chi connectivity index (χ3v) is 6.61. The minimum absolute atomic E-state index is 0.208. The Hall–Kier alpha value is 0.0200. The van der Waals surface area contributed by atoms with Crippen molar-refractivity contribution in [2.24, 2.45) is 5.73 Å². The van der Waals surface area contributed by atoms with Gasteiger partial charge in [0.15, 0.2) is 0 Å². The van der Waals surface area contributed by atoms with Crippen LogP contribution in [-0.4, -0.2) is 11.7 Å². The summed E-state index contributed by atoms with van der Waals surface area (Å²) in [7, 11) is 0. The van der Waals surface area contributed by atoms with E-state index in [0.717, 1.165) is 13.1 Å². The molecule has 1 aromatic heterocycles. The maximum absolute atomic E-state index is 13.1. The van der Waals surface area contributed by atoms with E-state index < -0.39 is 11.9 Å². The number of hydrogen-bond donors (Lipinski definition) is 2. The van der Waals surface area contributed by atoms with Crippen LogP contribution in [0.15, 0.2) is 32.5 Å². The van der Waals surface area contributed by atoms with Crippen LogP contribution in [0, 0.1) is 5.82 Å². The molecule has 2 unspecified atom stereocenters. The summed E-state index contributed by atoms with van der Waals surface area (Å²) in [6, 6.07) is 5.94. The monoisotopic (exact) mass is 441 g/mol. The molecule has 0 aliphatic heterocycles. The van der Waals surface area contributed by atoms with Crippen molar-refractivity contribution >= 4 is 54.8 Å².